The number of piperazine rings is 1. The number of rotatable bonds is 7. The topological polar surface area (TPSA) is 66.9 Å². The fourth-order valence-corrected chi connectivity index (χ4v) is 4.93. The SMILES string of the molecule is COc1ccc(C(=O)NCCN2CCN(c3nc4c(Cl)cccc4s3)CC2)cc1OC. The molecule has 1 N–H and O–H groups in total. The van der Waals surface area contributed by atoms with Crippen LogP contribution in [0.15, 0.2) is 36.4 Å². The van der Waals surface area contributed by atoms with Gasteiger partial charge in [0.25, 0.3) is 5.91 Å². The molecule has 0 aliphatic carbocycles. The molecule has 4 rings (SSSR count). The van der Waals surface area contributed by atoms with Gasteiger partial charge in [-0.25, -0.2) is 4.98 Å². The van der Waals surface area contributed by atoms with E-state index in [-0.39, 0.29) is 5.91 Å². The fourth-order valence-electron chi connectivity index (χ4n) is 3.61. The molecule has 9 heteroatoms. The molecular weight excluding hydrogens is 436 g/mol. The summed E-state index contributed by atoms with van der Waals surface area (Å²) < 4.78 is 11.6. The highest BCUT2D eigenvalue weighted by atomic mass is 35.5. The van der Waals surface area contributed by atoms with Gasteiger partial charge in [-0.05, 0) is 30.3 Å². The van der Waals surface area contributed by atoms with Crippen molar-refractivity contribution in [3.05, 3.63) is 47.0 Å². The van der Waals surface area contributed by atoms with Crippen molar-refractivity contribution < 1.29 is 14.3 Å². The van der Waals surface area contributed by atoms with Crippen LogP contribution < -0.4 is 19.7 Å². The number of thiazole rings is 1. The lowest BCUT2D eigenvalue weighted by Gasteiger charge is -2.34. The lowest BCUT2D eigenvalue weighted by Crippen LogP contribution is -2.48. The van der Waals surface area contributed by atoms with Gasteiger partial charge in [0.2, 0.25) is 0 Å². The number of ether oxygens (including phenoxy) is 2. The molecule has 1 aliphatic heterocycles. The van der Waals surface area contributed by atoms with Gasteiger partial charge in [0.1, 0.15) is 5.52 Å². The molecule has 0 atom stereocenters. The van der Waals surface area contributed by atoms with Crippen LogP contribution in [0.3, 0.4) is 0 Å². The smallest absolute Gasteiger partial charge is 0.251 e. The minimum atomic E-state index is -0.119. The molecule has 3 aromatic rings. The third-order valence-corrected chi connectivity index (χ3v) is 6.75. The molecular formula is C22H25ClN4O3S. The molecule has 2 heterocycles. The Hall–Kier alpha value is -2.55. The van der Waals surface area contributed by atoms with Crippen molar-refractivity contribution in [1.82, 2.24) is 15.2 Å². The molecule has 7 nitrogen and oxygen atoms in total. The van der Waals surface area contributed by atoms with Crippen LogP contribution in [-0.4, -0.2) is 69.3 Å². The van der Waals surface area contributed by atoms with Crippen molar-refractivity contribution in [2.45, 2.75) is 0 Å². The van der Waals surface area contributed by atoms with Gasteiger partial charge in [0, 0.05) is 44.8 Å². The second-order valence-electron chi connectivity index (χ2n) is 7.24. The van der Waals surface area contributed by atoms with Gasteiger partial charge >= 0.3 is 0 Å². The Morgan fingerprint density at radius 1 is 1.13 bits per heavy atom. The van der Waals surface area contributed by atoms with Crippen molar-refractivity contribution in [1.29, 1.82) is 0 Å². The molecule has 1 amide bonds. The number of carbonyl (C=O) groups is 1. The maximum absolute atomic E-state index is 12.5. The molecule has 31 heavy (non-hydrogen) atoms. The third-order valence-electron chi connectivity index (χ3n) is 5.36. The zero-order valence-electron chi connectivity index (χ0n) is 17.6. The first-order chi connectivity index (χ1) is 15.1. The van der Waals surface area contributed by atoms with E-state index in [2.05, 4.69) is 21.2 Å². The fraction of sp³-hybridized carbons (Fsp3) is 0.364. The molecule has 1 fully saturated rings. The highest BCUT2D eigenvalue weighted by Crippen LogP contribution is 2.33. The van der Waals surface area contributed by atoms with E-state index in [4.69, 9.17) is 26.1 Å². The number of benzene rings is 2. The monoisotopic (exact) mass is 460 g/mol. The van der Waals surface area contributed by atoms with Gasteiger partial charge in [-0.2, -0.15) is 0 Å². The molecule has 0 bridgehead atoms. The first kappa shape index (κ1) is 21.7. The lowest BCUT2D eigenvalue weighted by molar-refractivity contribution is 0.0947. The van der Waals surface area contributed by atoms with E-state index in [9.17, 15) is 4.79 Å². The Bertz CT molecular complexity index is 1070. The zero-order valence-corrected chi connectivity index (χ0v) is 19.1. The minimum Gasteiger partial charge on any atom is -0.493 e. The third kappa shape index (κ3) is 4.87. The minimum absolute atomic E-state index is 0.119. The van der Waals surface area contributed by atoms with Gasteiger partial charge < -0.3 is 19.7 Å². The van der Waals surface area contributed by atoms with E-state index in [0.29, 0.717) is 28.6 Å². The van der Waals surface area contributed by atoms with Crippen LogP contribution in [0.25, 0.3) is 10.2 Å². The summed E-state index contributed by atoms with van der Waals surface area (Å²) in [6, 6.07) is 11.1. The standard InChI is InChI=1S/C22H25ClN4O3S/c1-29-17-7-6-15(14-18(17)30-2)21(28)24-8-9-26-10-12-27(13-11-26)22-25-20-16(23)4-3-5-19(20)31-22/h3-7,14H,8-13H2,1-2H3,(H,24,28). The maximum atomic E-state index is 12.5. The van der Waals surface area contributed by atoms with E-state index >= 15 is 0 Å². The van der Waals surface area contributed by atoms with Crippen molar-refractivity contribution in [3.63, 3.8) is 0 Å². The molecule has 2 aromatic carbocycles. The van der Waals surface area contributed by atoms with Crippen molar-refractivity contribution in [2.75, 3.05) is 58.4 Å². The summed E-state index contributed by atoms with van der Waals surface area (Å²) in [4.78, 5) is 21.8. The number of nitrogens with zero attached hydrogens (tertiary/aromatic N) is 3. The van der Waals surface area contributed by atoms with Gasteiger partial charge in [-0.15, -0.1) is 0 Å². The predicted octanol–water partition coefficient (Wildman–Crippen LogP) is 3.52. The Balaban J connectivity index is 1.26. The Labute approximate surface area is 190 Å². The van der Waals surface area contributed by atoms with Gasteiger partial charge in [-0.3, -0.25) is 9.69 Å². The molecule has 1 aliphatic rings. The first-order valence-electron chi connectivity index (χ1n) is 10.1. The number of fused-ring (bicyclic) bond motifs is 1. The van der Waals surface area contributed by atoms with E-state index in [0.717, 1.165) is 48.1 Å². The van der Waals surface area contributed by atoms with Crippen LogP contribution in [0.4, 0.5) is 5.13 Å². The second-order valence-corrected chi connectivity index (χ2v) is 8.65. The summed E-state index contributed by atoms with van der Waals surface area (Å²) in [5.74, 6) is 1.03. The summed E-state index contributed by atoms with van der Waals surface area (Å²) in [7, 11) is 3.13. The van der Waals surface area contributed by atoms with Gasteiger partial charge in [0.05, 0.1) is 23.9 Å². The van der Waals surface area contributed by atoms with Gasteiger partial charge in [0.15, 0.2) is 16.6 Å². The van der Waals surface area contributed by atoms with E-state index < -0.39 is 0 Å². The predicted molar refractivity (Wildman–Crippen MR) is 125 cm³/mol. The summed E-state index contributed by atoms with van der Waals surface area (Å²) >= 11 is 7.94. The van der Waals surface area contributed by atoms with Crippen LogP contribution in [0.1, 0.15) is 10.4 Å². The number of hydrogen-bond donors (Lipinski definition) is 1. The van der Waals surface area contributed by atoms with Gasteiger partial charge in [-0.1, -0.05) is 29.0 Å². The summed E-state index contributed by atoms with van der Waals surface area (Å²) in [5, 5.41) is 4.70. The number of anilines is 1. The van der Waals surface area contributed by atoms with E-state index in [1.807, 2.05) is 12.1 Å². The van der Waals surface area contributed by atoms with Crippen LogP contribution >= 0.6 is 22.9 Å². The van der Waals surface area contributed by atoms with Crippen LogP contribution in [0.5, 0.6) is 11.5 Å². The second kappa shape index (κ2) is 9.72. The van der Waals surface area contributed by atoms with E-state index in [1.165, 1.54) is 0 Å². The van der Waals surface area contributed by atoms with Crippen molar-refractivity contribution in [3.8, 4) is 11.5 Å². The number of nitrogens with one attached hydrogen (secondary N) is 1. The Morgan fingerprint density at radius 3 is 2.61 bits per heavy atom. The Morgan fingerprint density at radius 2 is 1.90 bits per heavy atom. The summed E-state index contributed by atoms with van der Waals surface area (Å²) in [5.41, 5.74) is 1.43. The van der Waals surface area contributed by atoms with Crippen molar-refractivity contribution in [2.24, 2.45) is 0 Å². The number of halogens is 1. The number of hydrogen-bond acceptors (Lipinski definition) is 7. The zero-order chi connectivity index (χ0) is 21.8. The molecule has 0 unspecified atom stereocenters. The van der Waals surface area contributed by atoms with Crippen LogP contribution in [0.2, 0.25) is 5.02 Å². The number of aromatic nitrogens is 1. The normalized spacial score (nSPS) is 14.6. The quantitative estimate of drug-likeness (QED) is 0.582. The number of carbonyl (C=O) groups excluding carboxylic acids is 1. The highest BCUT2D eigenvalue weighted by Gasteiger charge is 2.20. The molecule has 164 valence electrons. The average molecular weight is 461 g/mol. The first-order valence-corrected chi connectivity index (χ1v) is 11.3. The van der Waals surface area contributed by atoms with Crippen molar-refractivity contribution >= 4 is 44.2 Å². The lowest BCUT2D eigenvalue weighted by atomic mass is 10.2. The van der Waals surface area contributed by atoms with Crippen LogP contribution in [0, 0.1) is 0 Å². The van der Waals surface area contributed by atoms with E-state index in [1.54, 1.807) is 43.8 Å². The maximum Gasteiger partial charge on any atom is 0.251 e. The highest BCUT2D eigenvalue weighted by molar-refractivity contribution is 7.22. The molecule has 0 spiro atoms. The molecule has 1 saturated heterocycles. The number of amides is 1. The molecule has 0 saturated carbocycles. The summed E-state index contributed by atoms with van der Waals surface area (Å²) in [6.45, 7) is 5.05. The van der Waals surface area contributed by atoms with Crippen LogP contribution in [-0.2, 0) is 0 Å². The molecule has 0 radical (unpaired) electrons. The summed E-state index contributed by atoms with van der Waals surface area (Å²) in [6.07, 6.45) is 0. The Kier molecular flexibility index (Phi) is 6.80. The number of para-hydroxylation sites is 1. The number of methoxy groups -OCH3 is 2. The molecule has 1 aromatic heterocycles. The average Bonchev–Trinajstić information content (AvgIpc) is 3.24. The largest absolute Gasteiger partial charge is 0.493 e.